The molecule has 0 unspecified atom stereocenters. The van der Waals surface area contributed by atoms with E-state index < -0.39 is 0 Å². The third-order valence-electron chi connectivity index (χ3n) is 3.97. The zero-order chi connectivity index (χ0) is 16.4. The molecule has 2 aromatic carbocycles. The molecule has 0 spiro atoms. The summed E-state index contributed by atoms with van der Waals surface area (Å²) in [5.41, 5.74) is 10.5. The number of pyridine rings is 1. The molecule has 23 heavy (non-hydrogen) atoms. The summed E-state index contributed by atoms with van der Waals surface area (Å²) in [5, 5.41) is 5.53. The largest absolute Gasteiger partial charge is 0.398 e. The molecule has 3 N–H and O–H groups in total. The normalized spacial score (nSPS) is 10.7. The molecule has 0 fully saturated rings. The fourth-order valence-electron chi connectivity index (χ4n) is 2.70. The Hall–Kier alpha value is -2.75. The summed E-state index contributed by atoms with van der Waals surface area (Å²) in [4.78, 5) is 6.57. The highest BCUT2D eigenvalue weighted by Gasteiger charge is 2.06. The maximum atomic E-state index is 6.12. The molecule has 0 amide bonds. The van der Waals surface area contributed by atoms with E-state index in [1.165, 1.54) is 11.3 Å². The van der Waals surface area contributed by atoms with Crippen molar-refractivity contribution in [1.29, 1.82) is 0 Å². The van der Waals surface area contributed by atoms with Crippen molar-refractivity contribution in [2.24, 2.45) is 0 Å². The summed E-state index contributed by atoms with van der Waals surface area (Å²) in [6, 6.07) is 14.6. The lowest BCUT2D eigenvalue weighted by molar-refractivity contribution is 1.10. The van der Waals surface area contributed by atoms with Crippen molar-refractivity contribution in [2.45, 2.75) is 13.5 Å². The summed E-state index contributed by atoms with van der Waals surface area (Å²) in [6.45, 7) is 2.78. The smallest absolute Gasteiger partial charge is 0.134 e. The first kappa shape index (κ1) is 15.2. The van der Waals surface area contributed by atoms with E-state index in [2.05, 4.69) is 45.5 Å². The van der Waals surface area contributed by atoms with Gasteiger partial charge in [-0.1, -0.05) is 12.1 Å². The molecule has 1 aromatic heterocycles. The Labute approximate surface area is 136 Å². The van der Waals surface area contributed by atoms with E-state index in [9.17, 15) is 0 Å². The molecule has 0 aliphatic rings. The maximum Gasteiger partial charge on any atom is 0.134 e. The minimum absolute atomic E-state index is 0.730. The van der Waals surface area contributed by atoms with E-state index in [0.29, 0.717) is 0 Å². The second-order valence-electron chi connectivity index (χ2n) is 6.02. The number of nitrogens with two attached hydrogens (primary N) is 1. The zero-order valence-electron chi connectivity index (χ0n) is 13.8. The topological polar surface area (TPSA) is 54.2 Å². The molecule has 3 aromatic rings. The van der Waals surface area contributed by atoms with Crippen LogP contribution in [0, 0.1) is 6.92 Å². The lowest BCUT2D eigenvalue weighted by atomic mass is 10.1. The van der Waals surface area contributed by atoms with Crippen LogP contribution in [0.5, 0.6) is 0 Å². The van der Waals surface area contributed by atoms with Gasteiger partial charge in [-0.15, -0.1) is 0 Å². The Kier molecular flexibility index (Phi) is 4.06. The highest BCUT2D eigenvalue weighted by molar-refractivity contribution is 5.99. The summed E-state index contributed by atoms with van der Waals surface area (Å²) in [5.74, 6) is 0.870. The van der Waals surface area contributed by atoms with E-state index in [4.69, 9.17) is 5.73 Å². The number of benzene rings is 2. The molecule has 0 aliphatic carbocycles. The van der Waals surface area contributed by atoms with Gasteiger partial charge in [-0.05, 0) is 48.4 Å². The third-order valence-corrected chi connectivity index (χ3v) is 3.97. The number of nitrogen functional groups attached to an aromatic ring is 1. The summed E-state index contributed by atoms with van der Waals surface area (Å²) < 4.78 is 0. The van der Waals surface area contributed by atoms with Crippen molar-refractivity contribution >= 4 is 28.0 Å². The summed E-state index contributed by atoms with van der Waals surface area (Å²) >= 11 is 0. The van der Waals surface area contributed by atoms with E-state index >= 15 is 0 Å². The number of rotatable bonds is 4. The number of anilines is 3. The van der Waals surface area contributed by atoms with Crippen LogP contribution >= 0.6 is 0 Å². The first-order valence-electron chi connectivity index (χ1n) is 7.69. The molecule has 4 heteroatoms. The van der Waals surface area contributed by atoms with Crippen molar-refractivity contribution in [3.05, 3.63) is 59.8 Å². The molecule has 0 aliphatic heterocycles. The van der Waals surface area contributed by atoms with Gasteiger partial charge in [-0.3, -0.25) is 0 Å². The van der Waals surface area contributed by atoms with E-state index in [1.54, 1.807) is 6.20 Å². The molecule has 0 saturated carbocycles. The molecule has 118 valence electrons. The molecular weight excluding hydrogens is 284 g/mol. The van der Waals surface area contributed by atoms with Crippen LogP contribution < -0.4 is 16.0 Å². The highest BCUT2D eigenvalue weighted by atomic mass is 15.1. The lowest BCUT2D eigenvalue weighted by Gasteiger charge is -2.14. The summed E-state index contributed by atoms with van der Waals surface area (Å²) in [6.07, 6.45) is 1.80. The predicted octanol–water partition coefficient (Wildman–Crippen LogP) is 3.80. The first-order chi connectivity index (χ1) is 11.0. The second-order valence-corrected chi connectivity index (χ2v) is 6.02. The van der Waals surface area contributed by atoms with Gasteiger partial charge in [0.15, 0.2) is 0 Å². The van der Waals surface area contributed by atoms with E-state index in [-0.39, 0.29) is 0 Å². The number of nitrogens with zero attached hydrogens (tertiary/aromatic N) is 2. The fourth-order valence-corrected chi connectivity index (χ4v) is 2.70. The average molecular weight is 306 g/mol. The Balaban J connectivity index is 1.84. The van der Waals surface area contributed by atoms with Crippen LogP contribution in [0.15, 0.2) is 48.7 Å². The molecule has 0 saturated heterocycles. The van der Waals surface area contributed by atoms with Crippen LogP contribution in [0.3, 0.4) is 0 Å². The van der Waals surface area contributed by atoms with Gasteiger partial charge < -0.3 is 16.0 Å². The van der Waals surface area contributed by atoms with Crippen molar-refractivity contribution in [3.8, 4) is 0 Å². The van der Waals surface area contributed by atoms with Crippen LogP contribution in [-0.2, 0) is 6.54 Å². The quantitative estimate of drug-likeness (QED) is 0.720. The van der Waals surface area contributed by atoms with Crippen LogP contribution in [0.1, 0.15) is 11.1 Å². The molecule has 0 radical (unpaired) electrons. The van der Waals surface area contributed by atoms with E-state index in [1.807, 2.05) is 33.2 Å². The molecule has 0 bridgehead atoms. The van der Waals surface area contributed by atoms with Crippen molar-refractivity contribution in [2.75, 3.05) is 30.0 Å². The van der Waals surface area contributed by atoms with Crippen LogP contribution in [0.2, 0.25) is 0 Å². The zero-order valence-corrected chi connectivity index (χ0v) is 13.8. The number of fused-ring (bicyclic) bond motifs is 1. The molecule has 1 heterocycles. The van der Waals surface area contributed by atoms with Crippen LogP contribution in [-0.4, -0.2) is 19.1 Å². The van der Waals surface area contributed by atoms with Crippen molar-refractivity contribution < 1.29 is 0 Å². The first-order valence-corrected chi connectivity index (χ1v) is 7.69. The van der Waals surface area contributed by atoms with Crippen molar-refractivity contribution in [3.63, 3.8) is 0 Å². The number of hydrogen-bond donors (Lipinski definition) is 2. The fraction of sp³-hybridized carbons (Fsp3) is 0.211. The van der Waals surface area contributed by atoms with Gasteiger partial charge in [0.2, 0.25) is 0 Å². The third kappa shape index (κ3) is 3.21. The van der Waals surface area contributed by atoms with Gasteiger partial charge in [-0.25, -0.2) is 4.98 Å². The number of aryl methyl sites for hydroxylation is 1. The monoisotopic (exact) mass is 306 g/mol. The molecule has 3 rings (SSSR count). The van der Waals surface area contributed by atoms with Gasteiger partial charge in [0.1, 0.15) is 5.82 Å². The van der Waals surface area contributed by atoms with Gasteiger partial charge in [-0.2, -0.15) is 0 Å². The Morgan fingerprint density at radius 1 is 1.04 bits per heavy atom. The molecule has 0 atom stereocenters. The highest BCUT2D eigenvalue weighted by Crippen LogP contribution is 2.27. The number of aromatic nitrogens is 1. The average Bonchev–Trinajstić information content (AvgIpc) is 2.53. The standard InChI is InChI=1S/C19H22N4/c1-13-10-17-16(18(20)11-13)8-9-21-19(17)22-12-14-4-6-15(7-5-14)23(2)3/h4-11H,12,20H2,1-3H3,(H,21,22). The van der Waals surface area contributed by atoms with Gasteiger partial charge in [0.05, 0.1) is 0 Å². The molecular formula is C19H22N4. The van der Waals surface area contributed by atoms with Gasteiger partial charge in [0, 0.05) is 49.0 Å². The lowest BCUT2D eigenvalue weighted by Crippen LogP contribution is -2.08. The van der Waals surface area contributed by atoms with E-state index in [0.717, 1.165) is 34.4 Å². The Morgan fingerprint density at radius 2 is 1.78 bits per heavy atom. The SMILES string of the molecule is Cc1cc(N)c2ccnc(NCc3ccc(N(C)C)cc3)c2c1. The Morgan fingerprint density at radius 3 is 2.48 bits per heavy atom. The predicted molar refractivity (Wildman–Crippen MR) is 99.0 cm³/mol. The van der Waals surface area contributed by atoms with Gasteiger partial charge >= 0.3 is 0 Å². The Bertz CT molecular complexity index is 823. The van der Waals surface area contributed by atoms with Crippen molar-refractivity contribution in [1.82, 2.24) is 4.98 Å². The summed E-state index contributed by atoms with van der Waals surface area (Å²) in [7, 11) is 4.08. The van der Waals surface area contributed by atoms with Crippen LogP contribution in [0.4, 0.5) is 17.2 Å². The van der Waals surface area contributed by atoms with Crippen LogP contribution in [0.25, 0.3) is 10.8 Å². The molecule has 4 nitrogen and oxygen atoms in total. The second kappa shape index (κ2) is 6.16. The number of hydrogen-bond acceptors (Lipinski definition) is 4. The van der Waals surface area contributed by atoms with Gasteiger partial charge in [0.25, 0.3) is 0 Å². The maximum absolute atomic E-state index is 6.12. The minimum Gasteiger partial charge on any atom is -0.398 e. The minimum atomic E-state index is 0.730. The number of nitrogens with one attached hydrogen (secondary N) is 1.